The maximum Gasteiger partial charge on any atom is 0.186 e. The predicted octanol–water partition coefficient (Wildman–Crippen LogP) is 1.56. The van der Waals surface area contributed by atoms with E-state index in [9.17, 15) is 9.59 Å². The number of carbonyl (C=O) groups excluding carboxylic acids is 2. The van der Waals surface area contributed by atoms with E-state index >= 15 is 0 Å². The number of hydrogen-bond donors (Lipinski definition) is 0. The van der Waals surface area contributed by atoms with Crippen LogP contribution in [0, 0.1) is 0 Å². The largest absolute Gasteiger partial charge is 0.449 e. The van der Waals surface area contributed by atoms with Gasteiger partial charge in [0.2, 0.25) is 0 Å². The lowest BCUT2D eigenvalue weighted by Crippen LogP contribution is -1.71. The highest BCUT2D eigenvalue weighted by Gasteiger charge is 2.05. The molecule has 1 aromatic heterocycles. The average Bonchev–Trinajstić information content (AvgIpc) is 2.30. The van der Waals surface area contributed by atoms with Gasteiger partial charge < -0.3 is 4.42 Å². The van der Waals surface area contributed by atoms with E-state index in [0.29, 0.717) is 12.6 Å². The first-order valence-corrected chi connectivity index (χ1v) is 2.85. The molecule has 0 fully saturated rings. The third kappa shape index (κ3) is 1.09. The van der Waals surface area contributed by atoms with Gasteiger partial charge in [-0.25, -0.2) is 0 Å². The van der Waals surface area contributed by atoms with Gasteiger partial charge >= 0.3 is 0 Å². The van der Waals surface area contributed by atoms with Crippen LogP contribution >= 0.6 is 11.6 Å². The van der Waals surface area contributed by atoms with Crippen LogP contribution in [0.4, 0.5) is 0 Å². The molecule has 4 heteroatoms. The van der Waals surface area contributed by atoms with Crippen molar-refractivity contribution in [3.63, 3.8) is 0 Å². The third-order valence-corrected chi connectivity index (χ3v) is 1.25. The second-order valence-electron chi connectivity index (χ2n) is 1.60. The van der Waals surface area contributed by atoms with Gasteiger partial charge in [0.1, 0.15) is 0 Å². The maximum absolute atomic E-state index is 10.1. The molecule has 0 saturated heterocycles. The van der Waals surface area contributed by atoms with Crippen molar-refractivity contribution in [2.75, 3.05) is 0 Å². The molecule has 0 aromatic carbocycles. The third-order valence-electron chi connectivity index (χ3n) is 0.955. The molecule has 0 amide bonds. The van der Waals surface area contributed by atoms with Crippen LogP contribution < -0.4 is 0 Å². The normalized spacial score (nSPS) is 9.30. The minimum Gasteiger partial charge on any atom is -0.449 e. The molecule has 0 aliphatic carbocycles. The van der Waals surface area contributed by atoms with Crippen LogP contribution in [0.1, 0.15) is 21.1 Å². The summed E-state index contributed by atoms with van der Waals surface area (Å²) < 4.78 is 4.64. The van der Waals surface area contributed by atoms with E-state index in [1.807, 2.05) is 0 Å². The lowest BCUT2D eigenvalue weighted by molar-refractivity contribution is 0.108. The van der Waals surface area contributed by atoms with Gasteiger partial charge in [0.25, 0.3) is 0 Å². The number of aldehydes is 2. The molecule has 1 aromatic rings. The van der Waals surface area contributed by atoms with E-state index in [1.54, 1.807) is 0 Å². The molecule has 1 rings (SSSR count). The molecule has 10 heavy (non-hydrogen) atoms. The number of halogens is 1. The van der Waals surface area contributed by atoms with Crippen LogP contribution in [-0.4, -0.2) is 12.6 Å². The summed E-state index contributed by atoms with van der Waals surface area (Å²) in [5, 5.41) is 0.164. The van der Waals surface area contributed by atoms with Crippen LogP contribution in [0.2, 0.25) is 5.02 Å². The van der Waals surface area contributed by atoms with Gasteiger partial charge in [0, 0.05) is 6.07 Å². The van der Waals surface area contributed by atoms with E-state index in [1.165, 1.54) is 6.07 Å². The van der Waals surface area contributed by atoms with Crippen molar-refractivity contribution in [3.05, 3.63) is 22.6 Å². The minimum atomic E-state index is -0.0104. The van der Waals surface area contributed by atoms with E-state index < -0.39 is 0 Å². The van der Waals surface area contributed by atoms with Crippen molar-refractivity contribution in [1.82, 2.24) is 0 Å². The molecule has 0 saturated carbocycles. The highest BCUT2D eigenvalue weighted by molar-refractivity contribution is 6.32. The lowest BCUT2D eigenvalue weighted by Gasteiger charge is -1.77. The smallest absolute Gasteiger partial charge is 0.186 e. The molecule has 0 N–H and O–H groups in total. The molecule has 3 nitrogen and oxygen atoms in total. The first kappa shape index (κ1) is 7.02. The quantitative estimate of drug-likeness (QED) is 0.614. The zero-order valence-electron chi connectivity index (χ0n) is 4.83. The Balaban J connectivity index is 3.15. The van der Waals surface area contributed by atoms with Crippen LogP contribution in [0.15, 0.2) is 10.5 Å². The molecular weight excluding hydrogens is 156 g/mol. The van der Waals surface area contributed by atoms with Crippen LogP contribution in [0.25, 0.3) is 0 Å². The summed E-state index contributed by atoms with van der Waals surface area (Å²) in [7, 11) is 0. The Morgan fingerprint density at radius 2 is 2.10 bits per heavy atom. The SMILES string of the molecule is O=Cc1cc(Cl)c(C=O)o1. The van der Waals surface area contributed by atoms with E-state index in [0.717, 1.165) is 0 Å². The summed E-state index contributed by atoms with van der Waals surface area (Å²) in [6.45, 7) is 0. The van der Waals surface area contributed by atoms with Crippen molar-refractivity contribution in [2.45, 2.75) is 0 Å². The Bertz CT molecular complexity index is 264. The number of rotatable bonds is 2. The van der Waals surface area contributed by atoms with E-state index in [4.69, 9.17) is 11.6 Å². The summed E-state index contributed by atoms with van der Waals surface area (Å²) in [6, 6.07) is 1.29. The molecule has 0 unspecified atom stereocenters. The Kier molecular flexibility index (Phi) is 1.87. The van der Waals surface area contributed by atoms with Gasteiger partial charge in [-0.15, -0.1) is 0 Å². The summed E-state index contributed by atoms with van der Waals surface area (Å²) in [4.78, 5) is 20.1. The molecule has 0 aliphatic heterocycles. The van der Waals surface area contributed by atoms with Crippen LogP contribution in [0.3, 0.4) is 0 Å². The second kappa shape index (κ2) is 2.66. The van der Waals surface area contributed by atoms with Gasteiger partial charge in [-0.1, -0.05) is 11.6 Å². The Hall–Kier alpha value is -1.09. The van der Waals surface area contributed by atoms with Gasteiger partial charge in [0.15, 0.2) is 24.1 Å². The standard InChI is InChI=1S/C6H3ClO3/c7-5-1-4(2-8)10-6(5)3-9/h1-3H. The monoisotopic (exact) mass is 158 g/mol. The fourth-order valence-electron chi connectivity index (χ4n) is 0.540. The van der Waals surface area contributed by atoms with Crippen LogP contribution in [-0.2, 0) is 0 Å². The topological polar surface area (TPSA) is 47.3 Å². The fourth-order valence-corrected chi connectivity index (χ4v) is 0.730. The fraction of sp³-hybridized carbons (Fsp3) is 0. The Morgan fingerprint density at radius 3 is 2.40 bits per heavy atom. The lowest BCUT2D eigenvalue weighted by atomic mass is 10.4. The number of hydrogen-bond acceptors (Lipinski definition) is 3. The van der Waals surface area contributed by atoms with Crippen molar-refractivity contribution in [3.8, 4) is 0 Å². The van der Waals surface area contributed by atoms with Gasteiger partial charge in [0.05, 0.1) is 5.02 Å². The highest BCUT2D eigenvalue weighted by atomic mass is 35.5. The van der Waals surface area contributed by atoms with E-state index in [2.05, 4.69) is 4.42 Å². The Morgan fingerprint density at radius 1 is 1.40 bits per heavy atom. The molecule has 1 heterocycles. The first-order valence-electron chi connectivity index (χ1n) is 2.47. The van der Waals surface area contributed by atoms with Crippen LogP contribution in [0.5, 0.6) is 0 Å². The first-order chi connectivity index (χ1) is 4.77. The Labute approximate surface area is 61.6 Å². The molecule has 0 spiro atoms. The van der Waals surface area contributed by atoms with Gasteiger partial charge in [-0.3, -0.25) is 9.59 Å². The number of furan rings is 1. The maximum atomic E-state index is 10.1. The van der Waals surface area contributed by atoms with Gasteiger partial charge in [-0.05, 0) is 0 Å². The summed E-state index contributed by atoms with van der Waals surface area (Å²) in [6.07, 6.45) is 0.939. The zero-order valence-corrected chi connectivity index (χ0v) is 5.59. The molecule has 0 radical (unpaired) electrons. The minimum absolute atomic E-state index is 0.0104. The predicted molar refractivity (Wildman–Crippen MR) is 34.5 cm³/mol. The van der Waals surface area contributed by atoms with Crippen molar-refractivity contribution < 1.29 is 14.0 Å². The zero-order chi connectivity index (χ0) is 7.56. The molecule has 0 aliphatic rings. The van der Waals surface area contributed by atoms with Crippen molar-refractivity contribution in [2.24, 2.45) is 0 Å². The molecular formula is C6H3ClO3. The van der Waals surface area contributed by atoms with E-state index in [-0.39, 0.29) is 16.5 Å². The molecule has 0 atom stereocenters. The van der Waals surface area contributed by atoms with Crippen molar-refractivity contribution in [1.29, 1.82) is 0 Å². The van der Waals surface area contributed by atoms with Crippen molar-refractivity contribution >= 4 is 24.2 Å². The molecule has 52 valence electrons. The van der Waals surface area contributed by atoms with Gasteiger partial charge in [-0.2, -0.15) is 0 Å². The summed E-state index contributed by atoms with van der Waals surface area (Å²) in [5.74, 6) is 0.0517. The summed E-state index contributed by atoms with van der Waals surface area (Å²) in [5.41, 5.74) is 0. The number of carbonyl (C=O) groups is 2. The second-order valence-corrected chi connectivity index (χ2v) is 2.00. The average molecular weight is 159 g/mol. The summed E-state index contributed by atoms with van der Waals surface area (Å²) >= 11 is 5.44. The molecule has 0 bridgehead atoms. The highest BCUT2D eigenvalue weighted by Crippen LogP contribution is 2.17.